The fourth-order valence-electron chi connectivity index (χ4n) is 1.58. The van der Waals surface area contributed by atoms with Crippen molar-refractivity contribution in [3.63, 3.8) is 0 Å². The van der Waals surface area contributed by atoms with Crippen molar-refractivity contribution >= 4 is 0 Å². The van der Waals surface area contributed by atoms with E-state index in [4.69, 9.17) is 0 Å². The minimum Gasteiger partial charge on any atom is -0.314 e. The Labute approximate surface area is 87.6 Å². The molecule has 78 valence electrons. The molecule has 15 heavy (non-hydrogen) atoms. The third-order valence-electron chi connectivity index (χ3n) is 2.26. The summed E-state index contributed by atoms with van der Waals surface area (Å²) in [5.41, 5.74) is 1.66. The van der Waals surface area contributed by atoms with Crippen molar-refractivity contribution in [2.45, 2.75) is 20.4 Å². The van der Waals surface area contributed by atoms with E-state index in [9.17, 15) is 4.39 Å². The number of nitrogens with zero attached hydrogens (tertiary/aromatic N) is 3. The normalized spacial score (nSPS) is 10.6. The zero-order chi connectivity index (χ0) is 10.8. The van der Waals surface area contributed by atoms with Crippen LogP contribution in [0.5, 0.6) is 0 Å². The van der Waals surface area contributed by atoms with Gasteiger partial charge in [0.1, 0.15) is 12.1 Å². The standard InChI is InChI=1S/C11H12FN3/c1-3-15-7-13-14-11(15)9-4-8(2)5-10(12)6-9/h4-7H,3H2,1-2H3. The van der Waals surface area contributed by atoms with Gasteiger partial charge in [-0.05, 0) is 37.6 Å². The smallest absolute Gasteiger partial charge is 0.163 e. The van der Waals surface area contributed by atoms with Gasteiger partial charge >= 0.3 is 0 Å². The van der Waals surface area contributed by atoms with Crippen molar-refractivity contribution in [3.8, 4) is 11.4 Å². The molecule has 0 saturated heterocycles. The van der Waals surface area contributed by atoms with Gasteiger partial charge in [-0.25, -0.2) is 4.39 Å². The van der Waals surface area contributed by atoms with Gasteiger partial charge in [0.05, 0.1) is 0 Å². The van der Waals surface area contributed by atoms with Gasteiger partial charge in [-0.1, -0.05) is 0 Å². The number of hydrogen-bond acceptors (Lipinski definition) is 2. The molecule has 1 heterocycles. The molecule has 0 aliphatic carbocycles. The highest BCUT2D eigenvalue weighted by atomic mass is 19.1. The number of benzene rings is 1. The van der Waals surface area contributed by atoms with Gasteiger partial charge in [0, 0.05) is 12.1 Å². The molecule has 0 amide bonds. The van der Waals surface area contributed by atoms with Crippen LogP contribution in [0.1, 0.15) is 12.5 Å². The fraction of sp³-hybridized carbons (Fsp3) is 0.273. The van der Waals surface area contributed by atoms with Gasteiger partial charge in [-0.3, -0.25) is 0 Å². The van der Waals surface area contributed by atoms with E-state index in [1.807, 2.05) is 24.5 Å². The maximum Gasteiger partial charge on any atom is 0.163 e. The average Bonchev–Trinajstić information content (AvgIpc) is 2.63. The number of aryl methyl sites for hydroxylation is 2. The summed E-state index contributed by atoms with van der Waals surface area (Å²) in [4.78, 5) is 0. The van der Waals surface area contributed by atoms with Crippen LogP contribution in [0, 0.1) is 12.7 Å². The van der Waals surface area contributed by atoms with Gasteiger partial charge in [0.25, 0.3) is 0 Å². The summed E-state index contributed by atoms with van der Waals surface area (Å²) in [6.45, 7) is 4.64. The number of hydrogen-bond donors (Lipinski definition) is 0. The summed E-state index contributed by atoms with van der Waals surface area (Å²) in [5, 5.41) is 7.80. The minimum absolute atomic E-state index is 0.240. The summed E-state index contributed by atoms with van der Waals surface area (Å²) in [6.07, 6.45) is 1.65. The topological polar surface area (TPSA) is 30.7 Å². The average molecular weight is 205 g/mol. The van der Waals surface area contributed by atoms with Gasteiger partial charge < -0.3 is 4.57 Å². The van der Waals surface area contributed by atoms with Crippen LogP contribution in [0.2, 0.25) is 0 Å². The first-order valence-electron chi connectivity index (χ1n) is 4.86. The van der Waals surface area contributed by atoms with E-state index in [0.29, 0.717) is 5.82 Å². The molecule has 0 atom stereocenters. The monoisotopic (exact) mass is 205 g/mol. The van der Waals surface area contributed by atoms with E-state index in [1.54, 1.807) is 6.33 Å². The minimum atomic E-state index is -0.240. The van der Waals surface area contributed by atoms with Crippen molar-refractivity contribution < 1.29 is 4.39 Å². The Hall–Kier alpha value is -1.71. The molecule has 0 fully saturated rings. The highest BCUT2D eigenvalue weighted by Crippen LogP contribution is 2.19. The highest BCUT2D eigenvalue weighted by Gasteiger charge is 2.07. The van der Waals surface area contributed by atoms with Gasteiger partial charge in [-0.15, -0.1) is 10.2 Å². The molecule has 0 radical (unpaired) electrons. The summed E-state index contributed by atoms with van der Waals surface area (Å²) < 4.78 is 15.1. The summed E-state index contributed by atoms with van der Waals surface area (Å²) in [6, 6.07) is 4.87. The van der Waals surface area contributed by atoms with Crippen molar-refractivity contribution in [1.29, 1.82) is 0 Å². The highest BCUT2D eigenvalue weighted by molar-refractivity contribution is 5.56. The van der Waals surface area contributed by atoms with Crippen LogP contribution in [0.4, 0.5) is 4.39 Å². The molecule has 2 rings (SSSR count). The summed E-state index contributed by atoms with van der Waals surface area (Å²) in [7, 11) is 0. The Kier molecular flexibility index (Phi) is 2.49. The van der Waals surface area contributed by atoms with Crippen molar-refractivity contribution in [2.24, 2.45) is 0 Å². The second kappa shape index (κ2) is 3.81. The summed E-state index contributed by atoms with van der Waals surface area (Å²) >= 11 is 0. The van der Waals surface area contributed by atoms with Crippen molar-refractivity contribution in [3.05, 3.63) is 35.9 Å². The van der Waals surface area contributed by atoms with Crippen LogP contribution in [-0.2, 0) is 6.54 Å². The molecule has 2 aromatic rings. The van der Waals surface area contributed by atoms with E-state index < -0.39 is 0 Å². The van der Waals surface area contributed by atoms with E-state index in [-0.39, 0.29) is 5.82 Å². The molecule has 0 N–H and O–H groups in total. The molecule has 1 aromatic carbocycles. The van der Waals surface area contributed by atoms with Gasteiger partial charge in [0.2, 0.25) is 0 Å². The Morgan fingerprint density at radius 2 is 2.13 bits per heavy atom. The zero-order valence-corrected chi connectivity index (χ0v) is 8.74. The summed E-state index contributed by atoms with van der Waals surface area (Å²) in [5.74, 6) is 0.468. The lowest BCUT2D eigenvalue weighted by Crippen LogP contribution is -1.96. The Morgan fingerprint density at radius 3 is 2.80 bits per heavy atom. The predicted octanol–water partition coefficient (Wildman–Crippen LogP) is 2.41. The first kappa shape index (κ1) is 9.83. The molecule has 3 nitrogen and oxygen atoms in total. The quantitative estimate of drug-likeness (QED) is 0.753. The van der Waals surface area contributed by atoms with E-state index in [0.717, 1.165) is 17.7 Å². The number of aromatic nitrogens is 3. The third kappa shape index (κ3) is 1.88. The van der Waals surface area contributed by atoms with E-state index in [2.05, 4.69) is 10.2 Å². The molecule has 0 spiro atoms. The maximum atomic E-state index is 13.2. The number of rotatable bonds is 2. The van der Waals surface area contributed by atoms with E-state index >= 15 is 0 Å². The predicted molar refractivity (Wildman–Crippen MR) is 55.8 cm³/mol. The molecule has 4 heteroatoms. The Bertz CT molecular complexity index is 456. The lowest BCUT2D eigenvalue weighted by molar-refractivity contribution is 0.626. The molecule has 1 aromatic heterocycles. The SMILES string of the molecule is CCn1cnnc1-c1cc(C)cc(F)c1. The van der Waals surface area contributed by atoms with E-state index in [1.165, 1.54) is 12.1 Å². The lowest BCUT2D eigenvalue weighted by atomic mass is 10.1. The molecule has 0 saturated carbocycles. The van der Waals surface area contributed by atoms with Crippen LogP contribution < -0.4 is 0 Å². The zero-order valence-electron chi connectivity index (χ0n) is 8.74. The molecular formula is C11H12FN3. The molecule has 0 unspecified atom stereocenters. The second-order valence-electron chi connectivity index (χ2n) is 3.46. The molecule has 0 bridgehead atoms. The van der Waals surface area contributed by atoms with Gasteiger partial charge in [-0.2, -0.15) is 0 Å². The maximum absolute atomic E-state index is 13.2. The Balaban J connectivity index is 2.53. The van der Waals surface area contributed by atoms with Crippen LogP contribution in [-0.4, -0.2) is 14.8 Å². The van der Waals surface area contributed by atoms with Crippen LogP contribution in [0.3, 0.4) is 0 Å². The molecular weight excluding hydrogens is 193 g/mol. The lowest BCUT2D eigenvalue weighted by Gasteiger charge is -2.04. The fourth-order valence-corrected chi connectivity index (χ4v) is 1.58. The van der Waals surface area contributed by atoms with Crippen molar-refractivity contribution in [1.82, 2.24) is 14.8 Å². The van der Waals surface area contributed by atoms with Gasteiger partial charge in [0.15, 0.2) is 5.82 Å². The Morgan fingerprint density at radius 1 is 1.33 bits per heavy atom. The molecule has 0 aliphatic rings. The third-order valence-corrected chi connectivity index (χ3v) is 2.26. The second-order valence-corrected chi connectivity index (χ2v) is 3.46. The van der Waals surface area contributed by atoms with Crippen molar-refractivity contribution in [2.75, 3.05) is 0 Å². The first-order valence-corrected chi connectivity index (χ1v) is 4.86. The van der Waals surface area contributed by atoms with Crippen LogP contribution in [0.25, 0.3) is 11.4 Å². The molecule has 0 aliphatic heterocycles. The number of halogens is 1. The largest absolute Gasteiger partial charge is 0.314 e. The first-order chi connectivity index (χ1) is 7.20. The van der Waals surface area contributed by atoms with Crippen LogP contribution >= 0.6 is 0 Å². The van der Waals surface area contributed by atoms with Crippen LogP contribution in [0.15, 0.2) is 24.5 Å².